The van der Waals surface area contributed by atoms with E-state index in [0.717, 1.165) is 28.7 Å². The smallest absolute Gasteiger partial charge is 0.135 e. The Morgan fingerprint density at radius 3 is 3.20 bits per heavy atom. The van der Waals surface area contributed by atoms with Crippen LogP contribution in [0.2, 0.25) is 0 Å². The minimum Gasteiger partial charge on any atom is -0.508 e. The summed E-state index contributed by atoms with van der Waals surface area (Å²) in [5.41, 5.74) is 1.89. The normalized spacial score (nSPS) is 14.1. The second-order valence-electron chi connectivity index (χ2n) is 3.48. The van der Waals surface area contributed by atoms with Crippen molar-refractivity contribution in [2.24, 2.45) is 4.99 Å². The molecule has 0 aliphatic carbocycles. The quantitative estimate of drug-likeness (QED) is 0.709. The van der Waals surface area contributed by atoms with Crippen LogP contribution in [0.4, 0.5) is 0 Å². The number of nitrogens with zero attached hydrogens (tertiary/aromatic N) is 1. The zero-order chi connectivity index (χ0) is 10.3. The SMILES string of the molecule is Oc1ccc2oc3c(c2c1)CC=NC=C3. The average molecular weight is 199 g/mol. The molecule has 2 aromatic rings. The third-order valence-corrected chi connectivity index (χ3v) is 2.52. The van der Waals surface area contributed by atoms with Gasteiger partial charge in [0.15, 0.2) is 0 Å². The van der Waals surface area contributed by atoms with Crippen LogP contribution in [0.5, 0.6) is 5.75 Å². The van der Waals surface area contributed by atoms with Crippen LogP contribution in [0.3, 0.4) is 0 Å². The first kappa shape index (κ1) is 8.29. The molecule has 0 saturated heterocycles. The molecule has 3 heteroatoms. The van der Waals surface area contributed by atoms with Crippen LogP contribution in [0.25, 0.3) is 17.0 Å². The van der Waals surface area contributed by atoms with Gasteiger partial charge in [-0.05, 0) is 24.3 Å². The van der Waals surface area contributed by atoms with Crippen LogP contribution in [0, 0.1) is 0 Å². The van der Waals surface area contributed by atoms with Crippen molar-refractivity contribution < 1.29 is 9.52 Å². The van der Waals surface area contributed by atoms with E-state index >= 15 is 0 Å². The Morgan fingerprint density at radius 2 is 2.27 bits per heavy atom. The molecular formula is C12H9NO2. The molecule has 74 valence electrons. The van der Waals surface area contributed by atoms with Crippen molar-refractivity contribution in [3.05, 3.63) is 35.7 Å². The van der Waals surface area contributed by atoms with E-state index in [1.165, 1.54) is 0 Å². The summed E-state index contributed by atoms with van der Waals surface area (Å²) in [5.74, 6) is 1.09. The van der Waals surface area contributed by atoms with Gasteiger partial charge in [0.05, 0.1) is 0 Å². The molecular weight excluding hydrogens is 190 g/mol. The molecule has 0 atom stereocenters. The molecule has 3 nitrogen and oxygen atoms in total. The van der Waals surface area contributed by atoms with E-state index in [1.54, 1.807) is 24.4 Å². The fraction of sp³-hybridized carbons (Fsp3) is 0.0833. The molecule has 0 bridgehead atoms. The average Bonchev–Trinajstić information content (AvgIpc) is 2.44. The first-order chi connectivity index (χ1) is 7.34. The van der Waals surface area contributed by atoms with E-state index in [0.29, 0.717) is 0 Å². The van der Waals surface area contributed by atoms with Gasteiger partial charge in [-0.2, -0.15) is 0 Å². The number of phenolic OH excluding ortho intramolecular Hbond substituents is 1. The van der Waals surface area contributed by atoms with Crippen LogP contribution in [0.1, 0.15) is 11.3 Å². The zero-order valence-electron chi connectivity index (χ0n) is 7.97. The van der Waals surface area contributed by atoms with Gasteiger partial charge in [-0.25, -0.2) is 0 Å². The van der Waals surface area contributed by atoms with E-state index in [-0.39, 0.29) is 5.75 Å². The maximum absolute atomic E-state index is 9.43. The lowest BCUT2D eigenvalue weighted by atomic mass is 10.1. The maximum atomic E-state index is 9.43. The number of fused-ring (bicyclic) bond motifs is 3. The lowest BCUT2D eigenvalue weighted by molar-refractivity contribution is 0.476. The molecule has 0 unspecified atom stereocenters. The van der Waals surface area contributed by atoms with E-state index in [9.17, 15) is 5.11 Å². The lowest BCUT2D eigenvalue weighted by Gasteiger charge is -1.93. The Hall–Kier alpha value is -2.03. The third-order valence-electron chi connectivity index (χ3n) is 2.52. The Morgan fingerprint density at radius 1 is 1.33 bits per heavy atom. The molecule has 0 radical (unpaired) electrons. The molecule has 1 aliphatic heterocycles. The summed E-state index contributed by atoms with van der Waals surface area (Å²) in [7, 11) is 0. The Bertz CT molecular complexity index is 579. The third kappa shape index (κ3) is 1.24. The van der Waals surface area contributed by atoms with Gasteiger partial charge in [-0.3, -0.25) is 4.99 Å². The Labute approximate surface area is 86.4 Å². The minimum absolute atomic E-state index is 0.260. The standard InChI is InChI=1S/C12H9NO2/c14-8-1-2-11-10(7-8)9-3-5-13-6-4-12(9)15-11/h1-2,4-7,14H,3H2. The second-order valence-corrected chi connectivity index (χ2v) is 3.48. The van der Waals surface area contributed by atoms with Gasteiger partial charge in [-0.15, -0.1) is 0 Å². The van der Waals surface area contributed by atoms with Gasteiger partial charge < -0.3 is 9.52 Å². The summed E-state index contributed by atoms with van der Waals surface area (Å²) in [6.07, 6.45) is 6.13. The van der Waals surface area contributed by atoms with E-state index in [2.05, 4.69) is 4.99 Å². The van der Waals surface area contributed by atoms with Gasteiger partial charge >= 0.3 is 0 Å². The van der Waals surface area contributed by atoms with Crippen LogP contribution in [0.15, 0.2) is 33.8 Å². The van der Waals surface area contributed by atoms with Crippen molar-refractivity contribution in [3.8, 4) is 5.75 Å². The van der Waals surface area contributed by atoms with Crippen molar-refractivity contribution >= 4 is 23.3 Å². The van der Waals surface area contributed by atoms with Crippen LogP contribution >= 0.6 is 0 Å². The molecule has 0 amide bonds. The van der Waals surface area contributed by atoms with E-state index in [4.69, 9.17) is 4.42 Å². The molecule has 3 rings (SSSR count). The molecule has 2 heterocycles. The van der Waals surface area contributed by atoms with Crippen molar-refractivity contribution in [2.75, 3.05) is 0 Å². The molecule has 1 aromatic carbocycles. The maximum Gasteiger partial charge on any atom is 0.135 e. The molecule has 1 N–H and O–H groups in total. The number of rotatable bonds is 0. The van der Waals surface area contributed by atoms with Crippen LogP contribution < -0.4 is 0 Å². The highest BCUT2D eigenvalue weighted by Gasteiger charge is 2.12. The van der Waals surface area contributed by atoms with Gasteiger partial charge in [0.1, 0.15) is 17.1 Å². The topological polar surface area (TPSA) is 45.7 Å². The summed E-state index contributed by atoms with van der Waals surface area (Å²) in [4.78, 5) is 4.06. The van der Waals surface area contributed by atoms with Gasteiger partial charge in [0.2, 0.25) is 0 Å². The molecule has 0 saturated carbocycles. The van der Waals surface area contributed by atoms with Gasteiger partial charge in [0, 0.05) is 29.8 Å². The predicted molar refractivity (Wildman–Crippen MR) is 59.1 cm³/mol. The van der Waals surface area contributed by atoms with Crippen molar-refractivity contribution in [3.63, 3.8) is 0 Å². The molecule has 1 aliphatic rings. The monoisotopic (exact) mass is 199 g/mol. The van der Waals surface area contributed by atoms with E-state index < -0.39 is 0 Å². The molecule has 15 heavy (non-hydrogen) atoms. The number of hydrogen-bond acceptors (Lipinski definition) is 3. The van der Waals surface area contributed by atoms with Crippen LogP contribution in [-0.4, -0.2) is 11.3 Å². The summed E-state index contributed by atoms with van der Waals surface area (Å²) < 4.78 is 5.65. The first-order valence-corrected chi connectivity index (χ1v) is 4.77. The van der Waals surface area contributed by atoms with Crippen molar-refractivity contribution in [2.45, 2.75) is 6.42 Å². The number of aliphatic imine (C=N–C) groups is 1. The summed E-state index contributed by atoms with van der Waals surface area (Å²) in [6, 6.07) is 5.14. The molecule has 1 aromatic heterocycles. The first-order valence-electron chi connectivity index (χ1n) is 4.77. The zero-order valence-corrected chi connectivity index (χ0v) is 7.97. The summed E-state index contributed by atoms with van der Waals surface area (Å²) in [5, 5.41) is 10.4. The second kappa shape index (κ2) is 2.98. The Balaban J connectivity index is 2.35. The highest BCUT2D eigenvalue weighted by atomic mass is 16.3. The highest BCUT2D eigenvalue weighted by Crippen LogP contribution is 2.30. The number of hydrogen-bond donors (Lipinski definition) is 1. The Kier molecular flexibility index (Phi) is 1.65. The predicted octanol–water partition coefficient (Wildman–Crippen LogP) is 2.74. The van der Waals surface area contributed by atoms with E-state index in [1.807, 2.05) is 12.3 Å². The number of benzene rings is 1. The van der Waals surface area contributed by atoms with Crippen molar-refractivity contribution in [1.29, 1.82) is 0 Å². The lowest BCUT2D eigenvalue weighted by Crippen LogP contribution is -1.84. The fourth-order valence-corrected chi connectivity index (χ4v) is 1.82. The molecule has 0 fully saturated rings. The number of phenols is 1. The largest absolute Gasteiger partial charge is 0.508 e. The number of furan rings is 1. The van der Waals surface area contributed by atoms with Crippen LogP contribution in [-0.2, 0) is 6.42 Å². The fourth-order valence-electron chi connectivity index (χ4n) is 1.82. The number of aromatic hydroxyl groups is 1. The minimum atomic E-state index is 0.260. The van der Waals surface area contributed by atoms with Gasteiger partial charge in [0.25, 0.3) is 0 Å². The van der Waals surface area contributed by atoms with Gasteiger partial charge in [-0.1, -0.05) is 0 Å². The summed E-state index contributed by atoms with van der Waals surface area (Å²) >= 11 is 0. The molecule has 0 spiro atoms. The summed E-state index contributed by atoms with van der Waals surface area (Å²) in [6.45, 7) is 0. The highest BCUT2D eigenvalue weighted by molar-refractivity contribution is 5.89. The van der Waals surface area contributed by atoms with Crippen molar-refractivity contribution in [1.82, 2.24) is 0 Å².